The first-order valence-corrected chi connectivity index (χ1v) is 6.33. The molecular formula is C12H8BrF3N2O2. The lowest BCUT2D eigenvalue weighted by Crippen LogP contribution is -2.24. The van der Waals surface area contributed by atoms with Crippen LogP contribution in [0.5, 0.6) is 5.75 Å². The molecule has 1 aliphatic rings. The second-order valence-electron chi connectivity index (χ2n) is 4.34. The Labute approximate surface area is 120 Å². The average molecular weight is 349 g/mol. The average Bonchev–Trinajstić information content (AvgIpc) is 3.11. The fourth-order valence-electron chi connectivity index (χ4n) is 1.57. The summed E-state index contributed by atoms with van der Waals surface area (Å²) in [5, 5.41) is 11.2. The Morgan fingerprint density at radius 1 is 1.45 bits per heavy atom. The van der Waals surface area contributed by atoms with Crippen molar-refractivity contribution in [1.82, 2.24) is 0 Å². The zero-order chi connectivity index (χ0) is 15.0. The summed E-state index contributed by atoms with van der Waals surface area (Å²) in [6, 6.07) is 5.70. The molecule has 1 aliphatic carbocycles. The second-order valence-corrected chi connectivity index (χ2v) is 5.25. The highest BCUT2D eigenvalue weighted by Gasteiger charge is 2.51. The van der Waals surface area contributed by atoms with E-state index >= 15 is 0 Å². The van der Waals surface area contributed by atoms with Gasteiger partial charge in [0.25, 0.3) is 0 Å². The third-order valence-electron chi connectivity index (χ3n) is 2.82. The van der Waals surface area contributed by atoms with Gasteiger partial charge in [0.05, 0.1) is 11.8 Å². The monoisotopic (exact) mass is 348 g/mol. The highest BCUT2D eigenvalue weighted by molar-refractivity contribution is 9.10. The van der Waals surface area contributed by atoms with Gasteiger partial charge >= 0.3 is 6.36 Å². The Morgan fingerprint density at radius 2 is 2.10 bits per heavy atom. The lowest BCUT2D eigenvalue weighted by molar-refractivity contribution is -0.274. The van der Waals surface area contributed by atoms with Crippen molar-refractivity contribution in [3.8, 4) is 11.8 Å². The van der Waals surface area contributed by atoms with E-state index in [0.717, 1.165) is 6.07 Å². The Morgan fingerprint density at radius 3 is 2.60 bits per heavy atom. The van der Waals surface area contributed by atoms with Crippen molar-refractivity contribution in [2.75, 3.05) is 5.32 Å². The summed E-state index contributed by atoms with van der Waals surface area (Å²) in [6.07, 6.45) is -4.06. The van der Waals surface area contributed by atoms with Crippen LogP contribution in [-0.4, -0.2) is 12.3 Å². The van der Waals surface area contributed by atoms with Crippen LogP contribution in [0.1, 0.15) is 12.8 Å². The van der Waals surface area contributed by atoms with Crippen molar-refractivity contribution < 1.29 is 22.7 Å². The molecule has 1 aromatic carbocycles. The van der Waals surface area contributed by atoms with Gasteiger partial charge in [-0.15, -0.1) is 13.2 Å². The first-order chi connectivity index (χ1) is 9.26. The van der Waals surface area contributed by atoms with Crippen LogP contribution in [0.25, 0.3) is 0 Å². The molecule has 2 rings (SSSR count). The zero-order valence-electron chi connectivity index (χ0n) is 9.92. The maximum Gasteiger partial charge on any atom is 0.573 e. The van der Waals surface area contributed by atoms with Gasteiger partial charge in [-0.25, -0.2) is 0 Å². The van der Waals surface area contributed by atoms with E-state index in [4.69, 9.17) is 5.26 Å². The summed E-state index contributed by atoms with van der Waals surface area (Å²) < 4.78 is 41.1. The number of hydrogen-bond acceptors (Lipinski definition) is 3. The van der Waals surface area contributed by atoms with E-state index in [-0.39, 0.29) is 5.69 Å². The van der Waals surface area contributed by atoms with Gasteiger partial charge in [-0.2, -0.15) is 5.26 Å². The molecule has 0 heterocycles. The number of nitriles is 1. The van der Waals surface area contributed by atoms with Crippen molar-refractivity contribution >= 4 is 27.5 Å². The van der Waals surface area contributed by atoms with Crippen LogP contribution in [0.15, 0.2) is 22.7 Å². The number of nitrogens with zero attached hydrogens (tertiary/aromatic N) is 1. The van der Waals surface area contributed by atoms with Crippen LogP contribution in [0.3, 0.4) is 0 Å². The minimum atomic E-state index is -4.87. The summed E-state index contributed by atoms with van der Waals surface area (Å²) >= 11 is 3.02. The predicted molar refractivity (Wildman–Crippen MR) is 66.7 cm³/mol. The standard InChI is InChI=1S/C12H8BrF3N2O2/c13-7-1-2-8(9(5-7)20-12(14,15)16)18-10(19)11(6-17)3-4-11/h1-2,5H,3-4H2,(H,18,19). The van der Waals surface area contributed by atoms with Gasteiger partial charge in [0.15, 0.2) is 5.75 Å². The lowest BCUT2D eigenvalue weighted by Gasteiger charge is -2.15. The Bertz CT molecular complexity index is 591. The quantitative estimate of drug-likeness (QED) is 0.907. The maximum absolute atomic E-state index is 12.3. The molecule has 1 aromatic rings. The third kappa shape index (κ3) is 3.22. The SMILES string of the molecule is N#CC1(C(=O)Nc2ccc(Br)cc2OC(F)(F)F)CC1. The number of benzene rings is 1. The van der Waals surface area contributed by atoms with Crippen LogP contribution >= 0.6 is 15.9 Å². The number of amides is 1. The number of hydrogen-bond donors (Lipinski definition) is 1. The Balaban J connectivity index is 2.23. The molecule has 0 radical (unpaired) electrons. The van der Waals surface area contributed by atoms with Gasteiger partial charge < -0.3 is 10.1 Å². The number of anilines is 1. The molecule has 0 spiro atoms. The number of halogens is 4. The number of carbonyl (C=O) groups excluding carboxylic acids is 1. The molecule has 0 aromatic heterocycles. The fourth-order valence-corrected chi connectivity index (χ4v) is 1.91. The predicted octanol–water partition coefficient (Wildman–Crippen LogP) is 3.59. The molecule has 106 valence electrons. The van der Waals surface area contributed by atoms with Crippen molar-refractivity contribution in [3.63, 3.8) is 0 Å². The van der Waals surface area contributed by atoms with E-state index in [1.54, 1.807) is 0 Å². The van der Waals surface area contributed by atoms with Crippen molar-refractivity contribution in [2.45, 2.75) is 19.2 Å². The van der Waals surface area contributed by atoms with Gasteiger partial charge in [-0.05, 0) is 31.0 Å². The Hall–Kier alpha value is -1.75. The first-order valence-electron chi connectivity index (χ1n) is 5.54. The van der Waals surface area contributed by atoms with Crippen LogP contribution < -0.4 is 10.1 Å². The van der Waals surface area contributed by atoms with Gasteiger partial charge in [-0.3, -0.25) is 4.79 Å². The smallest absolute Gasteiger partial charge is 0.404 e. The zero-order valence-corrected chi connectivity index (χ0v) is 11.5. The highest BCUT2D eigenvalue weighted by atomic mass is 79.9. The van der Waals surface area contributed by atoms with Gasteiger partial charge in [0.1, 0.15) is 5.41 Å². The molecular weight excluding hydrogens is 341 g/mol. The number of rotatable bonds is 3. The van der Waals surface area contributed by atoms with Crippen LogP contribution in [0, 0.1) is 16.7 Å². The summed E-state index contributed by atoms with van der Waals surface area (Å²) in [7, 11) is 0. The third-order valence-corrected chi connectivity index (χ3v) is 3.31. The minimum absolute atomic E-state index is 0.128. The number of ether oxygens (including phenoxy) is 1. The van der Waals surface area contributed by atoms with E-state index in [9.17, 15) is 18.0 Å². The van der Waals surface area contributed by atoms with Crippen LogP contribution in [0.4, 0.5) is 18.9 Å². The van der Waals surface area contributed by atoms with E-state index in [0.29, 0.717) is 17.3 Å². The van der Waals surface area contributed by atoms with Crippen LogP contribution in [0.2, 0.25) is 0 Å². The van der Waals surface area contributed by atoms with Crippen molar-refractivity contribution in [2.24, 2.45) is 5.41 Å². The van der Waals surface area contributed by atoms with E-state index in [2.05, 4.69) is 26.0 Å². The lowest BCUT2D eigenvalue weighted by atomic mass is 10.1. The van der Waals surface area contributed by atoms with Gasteiger partial charge in [0.2, 0.25) is 5.91 Å². The van der Waals surface area contributed by atoms with Gasteiger partial charge in [-0.1, -0.05) is 15.9 Å². The number of nitrogens with one attached hydrogen (secondary N) is 1. The number of alkyl halides is 3. The fraction of sp³-hybridized carbons (Fsp3) is 0.333. The van der Waals surface area contributed by atoms with E-state index < -0.39 is 23.4 Å². The molecule has 1 fully saturated rings. The molecule has 0 bridgehead atoms. The molecule has 0 aliphatic heterocycles. The summed E-state index contributed by atoms with van der Waals surface area (Å²) in [6.45, 7) is 0. The van der Waals surface area contributed by atoms with E-state index in [1.807, 2.05) is 6.07 Å². The molecule has 4 nitrogen and oxygen atoms in total. The van der Waals surface area contributed by atoms with Gasteiger partial charge in [0, 0.05) is 4.47 Å². The topological polar surface area (TPSA) is 62.1 Å². The Kier molecular flexibility index (Phi) is 3.65. The highest BCUT2D eigenvalue weighted by Crippen LogP contribution is 2.46. The summed E-state index contributed by atoms with van der Waals surface area (Å²) in [5.41, 5.74) is -1.25. The first kappa shape index (κ1) is 14.7. The van der Waals surface area contributed by atoms with Crippen molar-refractivity contribution in [3.05, 3.63) is 22.7 Å². The summed E-state index contributed by atoms with van der Waals surface area (Å²) in [4.78, 5) is 11.8. The molecule has 0 saturated heterocycles. The maximum atomic E-state index is 12.3. The van der Waals surface area contributed by atoms with Crippen molar-refractivity contribution in [1.29, 1.82) is 5.26 Å². The van der Waals surface area contributed by atoms with E-state index in [1.165, 1.54) is 12.1 Å². The molecule has 20 heavy (non-hydrogen) atoms. The molecule has 1 amide bonds. The van der Waals surface area contributed by atoms with Crippen LogP contribution in [-0.2, 0) is 4.79 Å². The normalized spacial score (nSPS) is 16.1. The largest absolute Gasteiger partial charge is 0.573 e. The minimum Gasteiger partial charge on any atom is -0.404 e. The summed E-state index contributed by atoms with van der Waals surface area (Å²) in [5.74, 6) is -1.15. The molecule has 0 atom stereocenters. The molecule has 1 saturated carbocycles. The second kappa shape index (κ2) is 4.98. The molecule has 0 unspecified atom stereocenters. The molecule has 1 N–H and O–H groups in total. The number of carbonyl (C=O) groups is 1. The molecule has 8 heteroatoms.